The Balaban J connectivity index is 1.47. The smallest absolute Gasteiger partial charge is 0.249 e. The molecule has 0 radical (unpaired) electrons. The molecule has 4 rings (SSSR count). The molecule has 2 fully saturated rings. The van der Waals surface area contributed by atoms with Gasteiger partial charge in [0, 0.05) is 38.2 Å². The van der Waals surface area contributed by atoms with Crippen LogP contribution in [0.2, 0.25) is 0 Å². The van der Waals surface area contributed by atoms with Gasteiger partial charge in [-0.1, -0.05) is 6.07 Å². The normalized spacial score (nSPS) is 24.2. The van der Waals surface area contributed by atoms with E-state index in [0.29, 0.717) is 6.54 Å². The van der Waals surface area contributed by atoms with Crippen molar-refractivity contribution in [2.75, 3.05) is 19.7 Å². The number of aromatic nitrogens is 2. The number of likely N-dealkylation sites (tertiary alicyclic amines) is 1. The van der Waals surface area contributed by atoms with Crippen LogP contribution in [0.3, 0.4) is 0 Å². The summed E-state index contributed by atoms with van der Waals surface area (Å²) in [5.74, 6) is 0.0488. The fourth-order valence-electron chi connectivity index (χ4n) is 3.49. The topological polar surface area (TPSA) is 58.6 Å². The molecule has 24 heavy (non-hydrogen) atoms. The number of rotatable bonds is 4. The van der Waals surface area contributed by atoms with Crippen molar-refractivity contribution in [2.24, 2.45) is 0 Å². The van der Waals surface area contributed by atoms with Gasteiger partial charge in [0.15, 0.2) is 0 Å². The van der Waals surface area contributed by atoms with Crippen LogP contribution in [0.5, 0.6) is 0 Å². The van der Waals surface area contributed by atoms with Gasteiger partial charge in [0.1, 0.15) is 6.61 Å². The van der Waals surface area contributed by atoms with E-state index in [1.54, 1.807) is 6.20 Å². The van der Waals surface area contributed by atoms with E-state index >= 15 is 0 Å². The molecule has 2 aromatic rings. The average molecular weight is 324 g/mol. The number of hydrogen-bond donors (Lipinski definition) is 0. The molecule has 0 aromatic carbocycles. The lowest BCUT2D eigenvalue weighted by atomic mass is 10.1. The van der Waals surface area contributed by atoms with Crippen LogP contribution in [0, 0.1) is 0 Å². The number of nitrogens with zero attached hydrogens (tertiary/aromatic N) is 4. The molecule has 0 aliphatic carbocycles. The molecule has 0 unspecified atom stereocenters. The SMILES string of the molecule is O=C1CO[C@H]2CN(Cc3ccncc3)C[C@H]2N1Cc1ccccn1. The molecule has 0 spiro atoms. The van der Waals surface area contributed by atoms with Crippen LogP contribution >= 0.6 is 0 Å². The Kier molecular flexibility index (Phi) is 4.23. The van der Waals surface area contributed by atoms with E-state index < -0.39 is 0 Å². The third-order valence-electron chi connectivity index (χ3n) is 4.67. The monoisotopic (exact) mass is 324 g/mol. The summed E-state index contributed by atoms with van der Waals surface area (Å²) in [4.78, 5) is 25.0. The van der Waals surface area contributed by atoms with Crippen molar-refractivity contribution in [1.82, 2.24) is 19.8 Å². The second-order valence-corrected chi connectivity index (χ2v) is 6.31. The largest absolute Gasteiger partial charge is 0.365 e. The Morgan fingerprint density at radius 2 is 1.96 bits per heavy atom. The molecule has 124 valence electrons. The Labute approximate surface area is 141 Å². The van der Waals surface area contributed by atoms with Crippen LogP contribution < -0.4 is 0 Å². The highest BCUT2D eigenvalue weighted by Gasteiger charge is 2.43. The summed E-state index contributed by atoms with van der Waals surface area (Å²) in [5.41, 5.74) is 2.14. The minimum atomic E-state index is 0.0488. The zero-order valence-corrected chi connectivity index (χ0v) is 13.4. The Morgan fingerprint density at radius 3 is 2.75 bits per heavy atom. The molecular formula is C18H20N4O2. The molecule has 1 amide bonds. The summed E-state index contributed by atoms with van der Waals surface area (Å²) < 4.78 is 5.78. The van der Waals surface area contributed by atoms with Gasteiger partial charge in [0.05, 0.1) is 24.4 Å². The number of pyridine rings is 2. The van der Waals surface area contributed by atoms with Crippen molar-refractivity contribution >= 4 is 5.91 Å². The van der Waals surface area contributed by atoms with Gasteiger partial charge in [-0.2, -0.15) is 0 Å². The first-order valence-electron chi connectivity index (χ1n) is 8.22. The predicted octanol–water partition coefficient (Wildman–Crippen LogP) is 1.09. The third kappa shape index (κ3) is 3.16. The van der Waals surface area contributed by atoms with Crippen molar-refractivity contribution in [1.29, 1.82) is 0 Å². The van der Waals surface area contributed by atoms with Crippen molar-refractivity contribution in [2.45, 2.75) is 25.2 Å². The molecule has 2 aliphatic rings. The Hall–Kier alpha value is -2.31. The highest BCUT2D eigenvalue weighted by molar-refractivity contribution is 5.78. The maximum Gasteiger partial charge on any atom is 0.249 e. The molecule has 6 nitrogen and oxygen atoms in total. The number of ether oxygens (including phenoxy) is 1. The van der Waals surface area contributed by atoms with E-state index in [9.17, 15) is 4.79 Å². The van der Waals surface area contributed by atoms with Gasteiger partial charge in [-0.15, -0.1) is 0 Å². The molecule has 4 heterocycles. The van der Waals surface area contributed by atoms with E-state index in [4.69, 9.17) is 4.74 Å². The highest BCUT2D eigenvalue weighted by atomic mass is 16.5. The zero-order chi connectivity index (χ0) is 16.4. The van der Waals surface area contributed by atoms with Gasteiger partial charge in [-0.05, 0) is 29.8 Å². The molecular weight excluding hydrogens is 304 g/mol. The number of fused-ring (bicyclic) bond motifs is 1. The van der Waals surface area contributed by atoms with Gasteiger partial charge in [0.2, 0.25) is 5.91 Å². The third-order valence-corrected chi connectivity index (χ3v) is 4.67. The molecule has 0 bridgehead atoms. The Bertz CT molecular complexity index is 695. The van der Waals surface area contributed by atoms with Gasteiger partial charge in [-0.25, -0.2) is 0 Å². The number of amides is 1. The van der Waals surface area contributed by atoms with Crippen LogP contribution in [0.15, 0.2) is 48.9 Å². The summed E-state index contributed by atoms with van der Waals surface area (Å²) in [7, 11) is 0. The number of morpholine rings is 1. The van der Waals surface area contributed by atoms with Crippen LogP contribution in [0.1, 0.15) is 11.3 Å². The fourth-order valence-corrected chi connectivity index (χ4v) is 3.49. The molecule has 6 heteroatoms. The van der Waals surface area contributed by atoms with Crippen LogP contribution in [-0.4, -0.2) is 57.5 Å². The first-order valence-corrected chi connectivity index (χ1v) is 8.22. The van der Waals surface area contributed by atoms with Crippen molar-refractivity contribution in [3.05, 3.63) is 60.2 Å². The second kappa shape index (κ2) is 6.67. The van der Waals surface area contributed by atoms with Gasteiger partial charge in [-0.3, -0.25) is 19.7 Å². The number of hydrogen-bond acceptors (Lipinski definition) is 5. The quantitative estimate of drug-likeness (QED) is 0.842. The van der Waals surface area contributed by atoms with E-state index in [-0.39, 0.29) is 24.7 Å². The summed E-state index contributed by atoms with van der Waals surface area (Å²) in [5, 5.41) is 0. The maximum absolute atomic E-state index is 12.4. The van der Waals surface area contributed by atoms with Crippen LogP contribution in [0.25, 0.3) is 0 Å². The number of carbonyl (C=O) groups is 1. The number of carbonyl (C=O) groups excluding carboxylic acids is 1. The van der Waals surface area contributed by atoms with Crippen LogP contribution in [0.4, 0.5) is 0 Å². The van der Waals surface area contributed by atoms with E-state index in [0.717, 1.165) is 25.3 Å². The molecule has 2 aromatic heterocycles. The molecule has 2 saturated heterocycles. The molecule has 0 N–H and O–H groups in total. The minimum Gasteiger partial charge on any atom is -0.365 e. The van der Waals surface area contributed by atoms with E-state index in [2.05, 4.69) is 14.9 Å². The van der Waals surface area contributed by atoms with E-state index in [1.807, 2.05) is 47.6 Å². The summed E-state index contributed by atoms with van der Waals surface area (Å²) in [6.07, 6.45) is 5.47. The van der Waals surface area contributed by atoms with E-state index in [1.165, 1.54) is 5.56 Å². The maximum atomic E-state index is 12.4. The molecule has 2 atom stereocenters. The standard InChI is InChI=1S/C18H20N4O2/c23-18-13-24-17-12-21(9-14-4-7-19-8-5-14)11-16(17)22(18)10-15-3-1-2-6-20-15/h1-8,16-17H,9-13H2/t16-,17+/m1/s1. The average Bonchev–Trinajstić information content (AvgIpc) is 3.02. The Morgan fingerprint density at radius 1 is 1.08 bits per heavy atom. The lowest BCUT2D eigenvalue weighted by Crippen LogP contribution is -2.53. The van der Waals surface area contributed by atoms with Crippen molar-refractivity contribution < 1.29 is 9.53 Å². The van der Waals surface area contributed by atoms with Crippen LogP contribution in [-0.2, 0) is 22.6 Å². The summed E-state index contributed by atoms with van der Waals surface area (Å²) >= 11 is 0. The van der Waals surface area contributed by atoms with Gasteiger partial charge in [0.25, 0.3) is 0 Å². The summed E-state index contributed by atoms with van der Waals surface area (Å²) in [6.45, 7) is 3.24. The highest BCUT2D eigenvalue weighted by Crippen LogP contribution is 2.26. The molecule has 2 aliphatic heterocycles. The minimum absolute atomic E-state index is 0.0488. The summed E-state index contributed by atoms with van der Waals surface area (Å²) in [6, 6.07) is 9.95. The zero-order valence-electron chi connectivity index (χ0n) is 13.4. The van der Waals surface area contributed by atoms with Gasteiger partial charge < -0.3 is 9.64 Å². The van der Waals surface area contributed by atoms with Crippen molar-refractivity contribution in [3.8, 4) is 0 Å². The predicted molar refractivity (Wildman–Crippen MR) is 87.8 cm³/mol. The lowest BCUT2D eigenvalue weighted by molar-refractivity contribution is -0.154. The second-order valence-electron chi connectivity index (χ2n) is 6.31. The van der Waals surface area contributed by atoms with Crippen molar-refractivity contribution in [3.63, 3.8) is 0 Å². The fraction of sp³-hybridized carbons (Fsp3) is 0.389. The first-order chi connectivity index (χ1) is 11.8. The lowest BCUT2D eigenvalue weighted by Gasteiger charge is -2.36. The molecule has 0 saturated carbocycles. The first kappa shape index (κ1) is 15.2. The van der Waals surface area contributed by atoms with Gasteiger partial charge >= 0.3 is 0 Å².